The Balaban J connectivity index is 1.80. The summed E-state index contributed by atoms with van der Waals surface area (Å²) in [7, 11) is 0. The number of carbonyl (C=O) groups excluding carboxylic acids is 1. The second kappa shape index (κ2) is 7.14. The summed E-state index contributed by atoms with van der Waals surface area (Å²) in [6.45, 7) is 4.20. The molecule has 1 N–H and O–H groups in total. The smallest absolute Gasteiger partial charge is 0.349 e. The molecule has 6 nitrogen and oxygen atoms in total. The first kappa shape index (κ1) is 16.7. The summed E-state index contributed by atoms with van der Waals surface area (Å²) in [5, 5.41) is 12.1. The topological polar surface area (TPSA) is 85.1 Å². The largest absolute Gasteiger partial charge is 0.422 e. The Morgan fingerprint density at radius 2 is 2.17 bits per heavy atom. The van der Waals surface area contributed by atoms with Crippen LogP contribution in [0.5, 0.6) is 0 Å². The lowest BCUT2D eigenvalue weighted by atomic mass is 10.2. The lowest BCUT2D eigenvalue weighted by Gasteiger charge is -2.03. The van der Waals surface area contributed by atoms with Gasteiger partial charge in [0.15, 0.2) is 4.34 Å². The summed E-state index contributed by atoms with van der Waals surface area (Å²) in [4.78, 5) is 24.3. The van der Waals surface area contributed by atoms with E-state index in [9.17, 15) is 9.59 Å². The van der Waals surface area contributed by atoms with Crippen LogP contribution in [0, 0.1) is 0 Å². The molecule has 24 heavy (non-hydrogen) atoms. The molecule has 0 aliphatic heterocycles. The molecule has 1 amide bonds. The van der Waals surface area contributed by atoms with Crippen molar-refractivity contribution in [3.05, 3.63) is 46.3 Å². The number of rotatable bonds is 5. The molecule has 1 unspecified atom stereocenters. The highest BCUT2D eigenvalue weighted by Crippen LogP contribution is 2.30. The van der Waals surface area contributed by atoms with E-state index in [1.807, 2.05) is 6.07 Å². The molecule has 0 radical (unpaired) electrons. The molecular formula is C16H15N3O3S2. The highest BCUT2D eigenvalue weighted by molar-refractivity contribution is 8.01. The van der Waals surface area contributed by atoms with Gasteiger partial charge in [-0.05, 0) is 18.6 Å². The van der Waals surface area contributed by atoms with E-state index in [-0.39, 0.29) is 5.56 Å². The number of aromatic nitrogens is 2. The maximum atomic E-state index is 12.3. The summed E-state index contributed by atoms with van der Waals surface area (Å²) in [5.41, 5.74) is -0.285. The van der Waals surface area contributed by atoms with E-state index in [1.165, 1.54) is 17.4 Å². The number of para-hydroxylation sites is 1. The first-order valence-corrected chi connectivity index (χ1v) is 9.11. The first-order chi connectivity index (χ1) is 11.6. The van der Waals surface area contributed by atoms with Crippen LogP contribution in [-0.4, -0.2) is 21.4 Å². The molecule has 0 fully saturated rings. The SMILES string of the molecule is CCC(C)Sc1nnc(NC(=O)c2cc3ccccc3oc2=O)s1. The number of hydrogen-bond donors (Lipinski definition) is 1. The van der Waals surface area contributed by atoms with Crippen molar-refractivity contribution in [2.75, 3.05) is 5.32 Å². The van der Waals surface area contributed by atoms with Crippen LogP contribution in [0.3, 0.4) is 0 Å². The predicted molar refractivity (Wildman–Crippen MR) is 96.0 cm³/mol. The molecule has 0 aliphatic carbocycles. The lowest BCUT2D eigenvalue weighted by molar-refractivity contribution is 0.102. The summed E-state index contributed by atoms with van der Waals surface area (Å²) < 4.78 is 5.95. The Labute approximate surface area is 146 Å². The van der Waals surface area contributed by atoms with Gasteiger partial charge in [0.2, 0.25) is 5.13 Å². The molecule has 2 heterocycles. The van der Waals surface area contributed by atoms with Crippen LogP contribution in [0.2, 0.25) is 0 Å². The van der Waals surface area contributed by atoms with E-state index in [0.29, 0.717) is 21.4 Å². The molecule has 2 aromatic heterocycles. The number of hydrogen-bond acceptors (Lipinski definition) is 7. The van der Waals surface area contributed by atoms with Gasteiger partial charge in [-0.3, -0.25) is 10.1 Å². The Hall–Kier alpha value is -2.19. The minimum Gasteiger partial charge on any atom is -0.422 e. The lowest BCUT2D eigenvalue weighted by Crippen LogP contribution is -2.20. The maximum Gasteiger partial charge on any atom is 0.349 e. The van der Waals surface area contributed by atoms with E-state index in [2.05, 4.69) is 29.4 Å². The molecule has 0 bridgehead atoms. The fraction of sp³-hybridized carbons (Fsp3) is 0.250. The van der Waals surface area contributed by atoms with Crippen LogP contribution in [0.25, 0.3) is 11.0 Å². The quantitative estimate of drug-likeness (QED) is 0.423. The Bertz CT molecular complexity index is 935. The zero-order chi connectivity index (χ0) is 17.1. The average molecular weight is 361 g/mol. The van der Waals surface area contributed by atoms with Crippen LogP contribution >= 0.6 is 23.1 Å². The van der Waals surface area contributed by atoms with Crippen molar-refractivity contribution in [2.24, 2.45) is 0 Å². The molecule has 0 saturated heterocycles. The van der Waals surface area contributed by atoms with Crippen molar-refractivity contribution in [3.63, 3.8) is 0 Å². The number of anilines is 1. The van der Waals surface area contributed by atoms with Gasteiger partial charge in [-0.1, -0.05) is 55.1 Å². The molecule has 124 valence electrons. The molecule has 3 rings (SSSR count). The van der Waals surface area contributed by atoms with Crippen LogP contribution < -0.4 is 10.9 Å². The van der Waals surface area contributed by atoms with Gasteiger partial charge >= 0.3 is 5.63 Å². The number of fused-ring (bicyclic) bond motifs is 1. The van der Waals surface area contributed by atoms with E-state index >= 15 is 0 Å². The zero-order valence-corrected chi connectivity index (χ0v) is 14.7. The van der Waals surface area contributed by atoms with Crippen molar-refractivity contribution < 1.29 is 9.21 Å². The average Bonchev–Trinajstić information content (AvgIpc) is 3.00. The zero-order valence-electron chi connectivity index (χ0n) is 13.1. The van der Waals surface area contributed by atoms with Crippen molar-refractivity contribution in [1.82, 2.24) is 10.2 Å². The molecular weight excluding hydrogens is 346 g/mol. The number of benzene rings is 1. The van der Waals surface area contributed by atoms with Crippen molar-refractivity contribution in [1.29, 1.82) is 0 Å². The van der Waals surface area contributed by atoms with Crippen molar-refractivity contribution in [2.45, 2.75) is 29.9 Å². The van der Waals surface area contributed by atoms with Gasteiger partial charge < -0.3 is 4.42 Å². The second-order valence-electron chi connectivity index (χ2n) is 5.15. The fourth-order valence-corrected chi connectivity index (χ4v) is 3.94. The van der Waals surface area contributed by atoms with Gasteiger partial charge in [0, 0.05) is 10.6 Å². The van der Waals surface area contributed by atoms with E-state index in [4.69, 9.17) is 4.42 Å². The molecule has 1 atom stereocenters. The number of amides is 1. The third kappa shape index (κ3) is 3.65. The van der Waals surface area contributed by atoms with Gasteiger partial charge in [0.1, 0.15) is 11.1 Å². The minimum atomic E-state index is -0.676. The summed E-state index contributed by atoms with van der Waals surface area (Å²) >= 11 is 2.89. The van der Waals surface area contributed by atoms with E-state index in [1.54, 1.807) is 30.0 Å². The highest BCUT2D eigenvalue weighted by Gasteiger charge is 2.16. The van der Waals surface area contributed by atoms with Gasteiger partial charge in [-0.15, -0.1) is 10.2 Å². The van der Waals surface area contributed by atoms with Crippen molar-refractivity contribution >= 4 is 45.1 Å². The maximum absolute atomic E-state index is 12.3. The fourth-order valence-electron chi connectivity index (χ4n) is 1.95. The van der Waals surface area contributed by atoms with E-state index < -0.39 is 11.5 Å². The third-order valence-corrected chi connectivity index (χ3v) is 5.58. The van der Waals surface area contributed by atoms with Gasteiger partial charge in [-0.25, -0.2) is 4.79 Å². The number of nitrogens with one attached hydrogen (secondary N) is 1. The standard InChI is InChI=1S/C16H15N3O3S2/c1-3-9(2)23-16-19-18-15(24-16)17-13(20)11-8-10-6-4-5-7-12(10)22-14(11)21/h4-9H,3H2,1-2H3,(H,17,18,20). The number of carbonyl (C=O) groups is 1. The van der Waals surface area contributed by atoms with Crippen LogP contribution in [0.4, 0.5) is 5.13 Å². The Morgan fingerprint density at radius 3 is 2.96 bits per heavy atom. The third-order valence-electron chi connectivity index (χ3n) is 3.39. The summed E-state index contributed by atoms with van der Waals surface area (Å²) in [5.74, 6) is -0.550. The van der Waals surface area contributed by atoms with Gasteiger partial charge in [0.25, 0.3) is 5.91 Å². The molecule has 0 spiro atoms. The molecule has 3 aromatic rings. The number of thioether (sulfide) groups is 1. The van der Waals surface area contributed by atoms with Crippen molar-refractivity contribution in [3.8, 4) is 0 Å². The molecule has 0 saturated carbocycles. The molecule has 8 heteroatoms. The highest BCUT2D eigenvalue weighted by atomic mass is 32.2. The minimum absolute atomic E-state index is 0.0555. The normalized spacial score (nSPS) is 12.2. The summed E-state index contributed by atoms with van der Waals surface area (Å²) in [6.07, 6.45) is 1.02. The van der Waals surface area contributed by atoms with Crippen LogP contribution in [0.15, 0.2) is 43.9 Å². The Morgan fingerprint density at radius 1 is 1.38 bits per heavy atom. The van der Waals surface area contributed by atoms with Gasteiger partial charge in [0.05, 0.1) is 0 Å². The summed E-state index contributed by atoms with van der Waals surface area (Å²) in [6, 6.07) is 8.56. The number of nitrogens with zero attached hydrogens (tertiary/aromatic N) is 2. The Kier molecular flexibility index (Phi) is 4.96. The predicted octanol–water partition coefficient (Wildman–Crippen LogP) is 3.79. The van der Waals surface area contributed by atoms with Crippen LogP contribution in [-0.2, 0) is 0 Å². The second-order valence-corrected chi connectivity index (χ2v) is 7.81. The first-order valence-electron chi connectivity index (χ1n) is 7.41. The van der Waals surface area contributed by atoms with Gasteiger partial charge in [-0.2, -0.15) is 0 Å². The monoisotopic (exact) mass is 361 g/mol. The van der Waals surface area contributed by atoms with E-state index in [0.717, 1.165) is 10.8 Å². The van der Waals surface area contributed by atoms with Crippen LogP contribution in [0.1, 0.15) is 30.6 Å². The molecule has 1 aromatic carbocycles. The molecule has 0 aliphatic rings.